The van der Waals surface area contributed by atoms with Gasteiger partial charge in [0.1, 0.15) is 5.75 Å². The second kappa shape index (κ2) is 7.90. The fourth-order valence-electron chi connectivity index (χ4n) is 2.02. The van der Waals surface area contributed by atoms with E-state index in [0.29, 0.717) is 5.75 Å². The van der Waals surface area contributed by atoms with Crippen LogP contribution in [-0.4, -0.2) is 37.2 Å². The van der Waals surface area contributed by atoms with Crippen molar-refractivity contribution >= 4 is 28.0 Å². The molecule has 0 spiro atoms. The Balaban J connectivity index is 0.00000200. The number of hydrogen-bond acceptors (Lipinski definition) is 3. The molecular formula is C14H19IN2O2S. The zero-order valence-electron chi connectivity index (χ0n) is 11.8. The SMILES string of the molecule is CSC(=O)Oc1cccc2[nH]cc(CC[NH+](C)C)c12.[I-]. The molecule has 0 atom stereocenters. The van der Waals surface area contributed by atoms with Gasteiger partial charge in [0.05, 0.1) is 20.6 Å². The van der Waals surface area contributed by atoms with Gasteiger partial charge in [-0.25, -0.2) is 4.79 Å². The number of nitrogens with one attached hydrogen (secondary N) is 2. The number of fused-ring (bicyclic) bond motifs is 1. The number of H-pyrrole nitrogens is 1. The molecule has 0 bridgehead atoms. The Hall–Kier alpha value is -0.730. The predicted octanol–water partition coefficient (Wildman–Crippen LogP) is -1.28. The molecule has 0 aliphatic heterocycles. The van der Waals surface area contributed by atoms with E-state index in [-0.39, 0.29) is 29.3 Å². The number of benzene rings is 1. The molecule has 0 amide bonds. The fraction of sp³-hybridized carbons (Fsp3) is 0.357. The highest BCUT2D eigenvalue weighted by Gasteiger charge is 2.13. The van der Waals surface area contributed by atoms with Crippen LogP contribution in [0.4, 0.5) is 4.79 Å². The minimum atomic E-state index is -0.280. The Morgan fingerprint density at radius 2 is 2.15 bits per heavy atom. The van der Waals surface area contributed by atoms with Gasteiger partial charge in [-0.15, -0.1) is 0 Å². The normalized spacial score (nSPS) is 10.6. The molecule has 0 unspecified atom stereocenters. The van der Waals surface area contributed by atoms with Gasteiger partial charge in [-0.1, -0.05) is 6.07 Å². The second-order valence-electron chi connectivity index (χ2n) is 4.76. The molecule has 0 aliphatic carbocycles. The molecule has 110 valence electrons. The van der Waals surface area contributed by atoms with Gasteiger partial charge >= 0.3 is 5.30 Å². The quantitative estimate of drug-likeness (QED) is 0.492. The van der Waals surface area contributed by atoms with Crippen molar-refractivity contribution in [1.29, 1.82) is 0 Å². The van der Waals surface area contributed by atoms with E-state index in [4.69, 9.17) is 4.74 Å². The van der Waals surface area contributed by atoms with Crippen LogP contribution in [0.25, 0.3) is 10.9 Å². The molecule has 1 heterocycles. The number of hydrogen-bond donors (Lipinski definition) is 2. The molecule has 0 saturated carbocycles. The molecular weight excluding hydrogens is 387 g/mol. The Labute approximate surface area is 140 Å². The summed E-state index contributed by atoms with van der Waals surface area (Å²) in [7, 11) is 4.26. The number of aromatic amines is 1. The highest BCUT2D eigenvalue weighted by molar-refractivity contribution is 8.12. The number of carbonyl (C=O) groups is 1. The van der Waals surface area contributed by atoms with Crippen LogP contribution in [0.15, 0.2) is 24.4 Å². The topological polar surface area (TPSA) is 46.5 Å². The monoisotopic (exact) mass is 406 g/mol. The summed E-state index contributed by atoms with van der Waals surface area (Å²) >= 11 is 1.08. The van der Waals surface area contributed by atoms with Crippen LogP contribution in [0.2, 0.25) is 0 Å². The minimum absolute atomic E-state index is 0. The van der Waals surface area contributed by atoms with Gasteiger partial charge in [0.2, 0.25) is 0 Å². The van der Waals surface area contributed by atoms with Gasteiger partial charge < -0.3 is 38.6 Å². The largest absolute Gasteiger partial charge is 1.00 e. The van der Waals surface area contributed by atoms with Crippen molar-refractivity contribution < 1.29 is 38.4 Å². The minimum Gasteiger partial charge on any atom is -1.00 e. The summed E-state index contributed by atoms with van der Waals surface area (Å²) in [4.78, 5) is 16.1. The van der Waals surface area contributed by atoms with E-state index in [1.807, 2.05) is 24.4 Å². The van der Waals surface area contributed by atoms with E-state index in [1.165, 1.54) is 10.5 Å². The molecule has 2 aromatic rings. The third-order valence-corrected chi connectivity index (χ3v) is 3.42. The first-order chi connectivity index (χ1) is 9.11. The summed E-state index contributed by atoms with van der Waals surface area (Å²) in [5, 5.41) is 0.740. The molecule has 0 aliphatic rings. The van der Waals surface area contributed by atoms with Crippen molar-refractivity contribution in [2.45, 2.75) is 6.42 Å². The third kappa shape index (κ3) is 4.13. The van der Waals surface area contributed by atoms with Crippen molar-refractivity contribution in [3.63, 3.8) is 0 Å². The van der Waals surface area contributed by atoms with Gasteiger partial charge in [-0.3, -0.25) is 0 Å². The Bertz CT molecular complexity index is 584. The Morgan fingerprint density at radius 1 is 1.40 bits per heavy atom. The van der Waals surface area contributed by atoms with E-state index in [9.17, 15) is 4.79 Å². The number of ether oxygens (including phenoxy) is 1. The first kappa shape index (κ1) is 17.3. The van der Waals surface area contributed by atoms with Gasteiger partial charge in [0, 0.05) is 23.5 Å². The Kier molecular flexibility index (Phi) is 6.84. The zero-order chi connectivity index (χ0) is 13.8. The maximum Gasteiger partial charge on any atom is 0.372 e. The summed E-state index contributed by atoms with van der Waals surface area (Å²) in [5.41, 5.74) is 2.20. The number of likely N-dealkylation sites (N-methyl/N-ethyl adjacent to an activating group) is 1. The molecule has 20 heavy (non-hydrogen) atoms. The smallest absolute Gasteiger partial charge is 0.372 e. The van der Waals surface area contributed by atoms with Crippen molar-refractivity contribution in [2.75, 3.05) is 26.9 Å². The summed E-state index contributed by atoms with van der Waals surface area (Å²) < 4.78 is 5.38. The molecule has 1 aromatic carbocycles. The van der Waals surface area contributed by atoms with Crippen LogP contribution in [0.5, 0.6) is 5.75 Å². The number of quaternary nitrogens is 1. The van der Waals surface area contributed by atoms with Gasteiger partial charge in [-0.05, 0) is 35.7 Å². The van der Waals surface area contributed by atoms with Gasteiger partial charge in [-0.2, -0.15) is 0 Å². The molecule has 2 N–H and O–H groups in total. The zero-order valence-corrected chi connectivity index (χ0v) is 14.8. The van der Waals surface area contributed by atoms with Crippen LogP contribution in [0.1, 0.15) is 5.56 Å². The van der Waals surface area contributed by atoms with Crippen LogP contribution in [0, 0.1) is 0 Å². The lowest BCUT2D eigenvalue weighted by Gasteiger charge is -2.08. The summed E-state index contributed by atoms with van der Waals surface area (Å²) in [6.07, 6.45) is 4.68. The van der Waals surface area contributed by atoms with E-state index in [0.717, 1.165) is 35.6 Å². The summed E-state index contributed by atoms with van der Waals surface area (Å²) in [5.74, 6) is 0.641. The maximum absolute atomic E-state index is 11.5. The van der Waals surface area contributed by atoms with Gasteiger partial charge in [0.25, 0.3) is 0 Å². The number of halogens is 1. The summed E-state index contributed by atoms with van der Waals surface area (Å²) in [6.45, 7) is 1.04. The molecule has 0 fully saturated rings. The predicted molar refractivity (Wildman–Crippen MR) is 79.2 cm³/mol. The van der Waals surface area contributed by atoms with Crippen LogP contribution in [0.3, 0.4) is 0 Å². The molecule has 4 nitrogen and oxygen atoms in total. The van der Waals surface area contributed by atoms with Crippen molar-refractivity contribution in [2.24, 2.45) is 0 Å². The molecule has 6 heteroatoms. The molecule has 1 aromatic heterocycles. The standard InChI is InChI=1S/C14H18N2O2S.HI/c1-16(2)8-7-10-9-15-11-5-4-6-12(13(10)11)18-14(17)19-3;/h4-6,9,15H,7-8H2,1-3H3;1H. The van der Waals surface area contributed by atoms with E-state index >= 15 is 0 Å². The lowest BCUT2D eigenvalue weighted by molar-refractivity contribution is -0.858. The number of carbonyl (C=O) groups excluding carboxylic acids is 1. The molecule has 0 radical (unpaired) electrons. The average molecular weight is 406 g/mol. The first-order valence-corrected chi connectivity index (χ1v) is 7.48. The fourth-order valence-corrected chi connectivity index (χ4v) is 2.19. The number of rotatable bonds is 4. The van der Waals surface area contributed by atoms with Crippen LogP contribution >= 0.6 is 11.8 Å². The van der Waals surface area contributed by atoms with E-state index in [2.05, 4.69) is 19.1 Å². The first-order valence-electron chi connectivity index (χ1n) is 6.25. The second-order valence-corrected chi connectivity index (χ2v) is 5.50. The highest BCUT2D eigenvalue weighted by atomic mass is 127. The van der Waals surface area contributed by atoms with Crippen LogP contribution < -0.4 is 33.6 Å². The van der Waals surface area contributed by atoms with Crippen molar-refractivity contribution in [1.82, 2.24) is 4.98 Å². The maximum atomic E-state index is 11.5. The highest BCUT2D eigenvalue weighted by Crippen LogP contribution is 2.29. The van der Waals surface area contributed by atoms with E-state index in [1.54, 1.807) is 6.26 Å². The lowest BCUT2D eigenvalue weighted by Crippen LogP contribution is -3.05. The number of thioether (sulfide) groups is 1. The average Bonchev–Trinajstić information content (AvgIpc) is 2.80. The molecule has 0 saturated heterocycles. The number of aromatic nitrogens is 1. The Morgan fingerprint density at radius 3 is 2.80 bits per heavy atom. The van der Waals surface area contributed by atoms with Gasteiger partial charge in [0.15, 0.2) is 0 Å². The van der Waals surface area contributed by atoms with Crippen molar-refractivity contribution in [3.8, 4) is 5.75 Å². The van der Waals surface area contributed by atoms with Crippen molar-refractivity contribution in [3.05, 3.63) is 30.0 Å². The molecule has 2 rings (SSSR count). The summed E-state index contributed by atoms with van der Waals surface area (Å²) in [6, 6.07) is 5.73. The van der Waals surface area contributed by atoms with E-state index < -0.39 is 0 Å². The lowest BCUT2D eigenvalue weighted by atomic mass is 10.1. The van der Waals surface area contributed by atoms with Crippen LogP contribution in [-0.2, 0) is 6.42 Å². The third-order valence-electron chi connectivity index (χ3n) is 3.00.